The van der Waals surface area contributed by atoms with E-state index in [2.05, 4.69) is 17.6 Å². The predicted molar refractivity (Wildman–Crippen MR) is 103 cm³/mol. The van der Waals surface area contributed by atoms with Gasteiger partial charge >= 0.3 is 0 Å². The van der Waals surface area contributed by atoms with Crippen LogP contribution in [0.15, 0.2) is 53.9 Å². The number of hydrogen-bond acceptors (Lipinski definition) is 3. The summed E-state index contributed by atoms with van der Waals surface area (Å²) in [5.41, 5.74) is 4.80. The van der Waals surface area contributed by atoms with Gasteiger partial charge in [0.2, 0.25) is 0 Å². The molecule has 0 atom stereocenters. The Morgan fingerprint density at radius 1 is 1.12 bits per heavy atom. The van der Waals surface area contributed by atoms with Crippen LogP contribution in [0.2, 0.25) is 0 Å². The number of amides is 1. The molecule has 1 N–H and O–H groups in total. The fourth-order valence-electron chi connectivity index (χ4n) is 2.76. The van der Waals surface area contributed by atoms with E-state index in [1.165, 1.54) is 23.4 Å². The van der Waals surface area contributed by atoms with E-state index in [-0.39, 0.29) is 5.91 Å². The molecule has 3 aromatic rings. The number of carbonyl (C=O) groups is 1. The minimum atomic E-state index is -0.0901. The van der Waals surface area contributed by atoms with Crippen molar-refractivity contribution in [3.63, 3.8) is 0 Å². The van der Waals surface area contributed by atoms with Crippen LogP contribution in [0.5, 0.6) is 0 Å². The van der Waals surface area contributed by atoms with E-state index >= 15 is 0 Å². The zero-order valence-electron chi connectivity index (χ0n) is 14.2. The van der Waals surface area contributed by atoms with Crippen molar-refractivity contribution in [1.82, 2.24) is 4.98 Å². The third-order valence-corrected chi connectivity index (χ3v) is 5.52. The van der Waals surface area contributed by atoms with E-state index in [1.54, 1.807) is 11.3 Å². The summed E-state index contributed by atoms with van der Waals surface area (Å²) in [6, 6.07) is 15.6. The van der Waals surface area contributed by atoms with Crippen LogP contribution in [-0.2, 0) is 6.42 Å². The maximum Gasteiger partial charge on any atom is 0.255 e. The van der Waals surface area contributed by atoms with Crippen molar-refractivity contribution < 1.29 is 4.79 Å². The van der Waals surface area contributed by atoms with Gasteiger partial charge in [-0.05, 0) is 49.1 Å². The Bertz CT molecular complexity index is 877. The third kappa shape index (κ3) is 3.64. The summed E-state index contributed by atoms with van der Waals surface area (Å²) < 4.78 is 0. The molecule has 0 aliphatic heterocycles. The van der Waals surface area contributed by atoms with Crippen molar-refractivity contribution in [2.24, 2.45) is 0 Å². The average Bonchev–Trinajstić information content (AvgIpc) is 3.39. The number of benzene rings is 2. The van der Waals surface area contributed by atoms with Crippen LogP contribution in [0, 0.1) is 0 Å². The highest BCUT2D eigenvalue weighted by atomic mass is 32.1. The highest BCUT2D eigenvalue weighted by Crippen LogP contribution is 2.42. The molecule has 3 nitrogen and oxygen atoms in total. The molecular weight excluding hydrogens is 328 g/mol. The van der Waals surface area contributed by atoms with Crippen LogP contribution in [0.3, 0.4) is 0 Å². The lowest BCUT2D eigenvalue weighted by Gasteiger charge is -2.06. The van der Waals surface area contributed by atoms with E-state index in [4.69, 9.17) is 4.98 Å². The zero-order valence-corrected chi connectivity index (χ0v) is 15.0. The van der Waals surface area contributed by atoms with Gasteiger partial charge in [-0.3, -0.25) is 4.79 Å². The maximum absolute atomic E-state index is 12.4. The van der Waals surface area contributed by atoms with E-state index in [0.29, 0.717) is 11.5 Å². The third-order valence-electron chi connectivity index (χ3n) is 4.51. The summed E-state index contributed by atoms with van der Waals surface area (Å²) in [5, 5.41) is 6.30. The molecule has 126 valence electrons. The standard InChI is InChI=1S/C21H20N2OS/c1-2-14-3-11-18(12-4-14)22-20(24)16-7-5-15(6-8-16)19-13-25-21(23-19)17-9-10-17/h3-8,11-13,17H,2,9-10H2,1H3,(H,22,24). The van der Waals surface area contributed by atoms with Gasteiger partial charge in [0.15, 0.2) is 0 Å². The Morgan fingerprint density at radius 2 is 1.84 bits per heavy atom. The van der Waals surface area contributed by atoms with Gasteiger partial charge in [0.1, 0.15) is 0 Å². The average molecular weight is 348 g/mol. The van der Waals surface area contributed by atoms with Gasteiger partial charge < -0.3 is 5.32 Å². The first kappa shape index (κ1) is 16.0. The SMILES string of the molecule is CCc1ccc(NC(=O)c2ccc(-c3csc(C4CC4)n3)cc2)cc1. The number of hydrogen-bond donors (Lipinski definition) is 1. The number of aryl methyl sites for hydroxylation is 1. The Balaban J connectivity index is 1.45. The Labute approximate surface area is 151 Å². The van der Waals surface area contributed by atoms with Crippen molar-refractivity contribution in [3.05, 3.63) is 70.0 Å². The molecule has 1 amide bonds. The first-order chi connectivity index (χ1) is 12.2. The molecule has 0 unspecified atom stereocenters. The summed E-state index contributed by atoms with van der Waals surface area (Å²) in [4.78, 5) is 17.1. The lowest BCUT2D eigenvalue weighted by Crippen LogP contribution is -2.11. The van der Waals surface area contributed by atoms with Crippen LogP contribution < -0.4 is 5.32 Å². The molecule has 1 aliphatic rings. The van der Waals surface area contributed by atoms with Crippen LogP contribution in [0.25, 0.3) is 11.3 Å². The Kier molecular flexibility index (Phi) is 4.36. The summed E-state index contributed by atoms with van der Waals surface area (Å²) in [6.45, 7) is 2.12. The molecule has 1 fully saturated rings. The minimum Gasteiger partial charge on any atom is -0.322 e. The largest absolute Gasteiger partial charge is 0.322 e. The van der Waals surface area contributed by atoms with Gasteiger partial charge in [-0.1, -0.05) is 31.2 Å². The first-order valence-corrected chi connectivity index (χ1v) is 9.57. The molecule has 1 aliphatic carbocycles. The van der Waals surface area contributed by atoms with Crippen molar-refractivity contribution in [2.45, 2.75) is 32.1 Å². The van der Waals surface area contributed by atoms with Crippen LogP contribution in [0.4, 0.5) is 5.69 Å². The lowest BCUT2D eigenvalue weighted by atomic mass is 10.1. The molecule has 2 aromatic carbocycles. The first-order valence-electron chi connectivity index (χ1n) is 8.69. The second kappa shape index (κ2) is 6.81. The minimum absolute atomic E-state index is 0.0901. The molecule has 4 rings (SSSR count). The lowest BCUT2D eigenvalue weighted by molar-refractivity contribution is 0.102. The van der Waals surface area contributed by atoms with E-state index in [1.807, 2.05) is 48.5 Å². The van der Waals surface area contributed by atoms with Gasteiger partial charge in [0.25, 0.3) is 5.91 Å². The zero-order chi connectivity index (χ0) is 17.2. The molecule has 1 heterocycles. The summed E-state index contributed by atoms with van der Waals surface area (Å²) in [6.07, 6.45) is 3.53. The van der Waals surface area contributed by atoms with Gasteiger partial charge in [-0.2, -0.15) is 0 Å². The fraction of sp³-hybridized carbons (Fsp3) is 0.238. The normalized spacial score (nSPS) is 13.6. The van der Waals surface area contributed by atoms with Crippen molar-refractivity contribution >= 4 is 22.9 Å². The number of anilines is 1. The van der Waals surface area contributed by atoms with Crippen LogP contribution in [0.1, 0.15) is 46.6 Å². The second-order valence-electron chi connectivity index (χ2n) is 6.43. The molecule has 1 saturated carbocycles. The van der Waals surface area contributed by atoms with Gasteiger partial charge in [-0.15, -0.1) is 11.3 Å². The quantitative estimate of drug-likeness (QED) is 0.661. The van der Waals surface area contributed by atoms with Crippen LogP contribution >= 0.6 is 11.3 Å². The molecule has 0 radical (unpaired) electrons. The monoisotopic (exact) mass is 348 g/mol. The van der Waals surface area contributed by atoms with Gasteiger partial charge in [0, 0.05) is 28.1 Å². The molecule has 25 heavy (non-hydrogen) atoms. The molecule has 0 saturated heterocycles. The Hall–Kier alpha value is -2.46. The summed E-state index contributed by atoms with van der Waals surface area (Å²) in [7, 11) is 0. The predicted octanol–water partition coefficient (Wildman–Crippen LogP) is 5.50. The number of carbonyl (C=O) groups excluding carboxylic acids is 1. The van der Waals surface area contributed by atoms with E-state index in [0.717, 1.165) is 23.4 Å². The van der Waals surface area contributed by atoms with Crippen molar-refractivity contribution in [2.75, 3.05) is 5.32 Å². The number of thiazole rings is 1. The Morgan fingerprint density at radius 3 is 2.48 bits per heavy atom. The van der Waals surface area contributed by atoms with Crippen LogP contribution in [-0.4, -0.2) is 10.9 Å². The molecule has 1 aromatic heterocycles. The number of nitrogens with zero attached hydrogens (tertiary/aromatic N) is 1. The van der Waals surface area contributed by atoms with E-state index < -0.39 is 0 Å². The highest BCUT2D eigenvalue weighted by Gasteiger charge is 2.26. The fourth-order valence-corrected chi connectivity index (χ4v) is 3.76. The number of nitrogens with one attached hydrogen (secondary N) is 1. The van der Waals surface area contributed by atoms with E-state index in [9.17, 15) is 4.79 Å². The molecule has 4 heteroatoms. The molecular formula is C21H20N2OS. The van der Waals surface area contributed by atoms with Crippen molar-refractivity contribution in [3.8, 4) is 11.3 Å². The molecule has 0 spiro atoms. The van der Waals surface area contributed by atoms with Crippen molar-refractivity contribution in [1.29, 1.82) is 0 Å². The van der Waals surface area contributed by atoms with Gasteiger partial charge in [0.05, 0.1) is 10.7 Å². The number of aromatic nitrogens is 1. The second-order valence-corrected chi connectivity index (χ2v) is 7.32. The smallest absolute Gasteiger partial charge is 0.255 e. The van der Waals surface area contributed by atoms with Gasteiger partial charge in [-0.25, -0.2) is 4.98 Å². The summed E-state index contributed by atoms with van der Waals surface area (Å²) >= 11 is 1.74. The number of rotatable bonds is 5. The molecule has 0 bridgehead atoms. The highest BCUT2D eigenvalue weighted by molar-refractivity contribution is 7.10. The topological polar surface area (TPSA) is 42.0 Å². The maximum atomic E-state index is 12.4. The summed E-state index contributed by atoms with van der Waals surface area (Å²) in [5.74, 6) is 0.593.